The van der Waals surface area contributed by atoms with Gasteiger partial charge in [0.15, 0.2) is 0 Å². The summed E-state index contributed by atoms with van der Waals surface area (Å²) in [6, 6.07) is 1.60. The van der Waals surface area contributed by atoms with E-state index in [4.69, 9.17) is 13.7 Å². The molecule has 0 aliphatic rings. The number of aromatic nitrogens is 2. The minimum absolute atomic E-state index is 0.394. The quantitative estimate of drug-likeness (QED) is 0.673. The van der Waals surface area contributed by atoms with E-state index in [9.17, 15) is 0 Å². The maximum Gasteiger partial charge on any atom is 0.265 e. The molecule has 0 bridgehead atoms. The summed E-state index contributed by atoms with van der Waals surface area (Å²) in [5.41, 5.74) is 0. The van der Waals surface area contributed by atoms with Gasteiger partial charge in [0.2, 0.25) is 5.76 Å². The topological polar surface area (TPSA) is 61.3 Å². The van der Waals surface area contributed by atoms with Gasteiger partial charge in [-0.2, -0.15) is 0 Å². The number of oxazole rings is 1. The monoisotopic (exact) mass is 166 g/mol. The van der Waals surface area contributed by atoms with Crippen molar-refractivity contribution in [3.05, 3.63) is 18.5 Å². The molecule has 0 saturated carbocycles. The van der Waals surface area contributed by atoms with Crippen LogP contribution >= 0.6 is 0 Å². The van der Waals surface area contributed by atoms with Gasteiger partial charge < -0.3 is 13.7 Å². The fraction of sp³-hybridized carbons (Fsp3) is 0.143. The summed E-state index contributed by atoms with van der Waals surface area (Å²) in [5, 5.41) is 3.59. The largest absolute Gasteiger partial charge is 0.479 e. The van der Waals surface area contributed by atoms with E-state index >= 15 is 0 Å². The zero-order valence-corrected chi connectivity index (χ0v) is 6.35. The second-order valence-electron chi connectivity index (χ2n) is 2.07. The van der Waals surface area contributed by atoms with Gasteiger partial charge in [-0.3, -0.25) is 0 Å². The smallest absolute Gasteiger partial charge is 0.265 e. The van der Waals surface area contributed by atoms with Crippen LogP contribution in [0.1, 0.15) is 0 Å². The van der Waals surface area contributed by atoms with Crippen LogP contribution in [0, 0.1) is 0 Å². The van der Waals surface area contributed by atoms with Crippen molar-refractivity contribution in [3.63, 3.8) is 0 Å². The van der Waals surface area contributed by atoms with Crippen LogP contribution in [-0.4, -0.2) is 17.3 Å². The van der Waals surface area contributed by atoms with Crippen LogP contribution in [0.4, 0.5) is 0 Å². The van der Waals surface area contributed by atoms with Crippen molar-refractivity contribution in [3.8, 4) is 17.5 Å². The second-order valence-corrected chi connectivity index (χ2v) is 2.07. The number of methoxy groups -OCH3 is 1. The van der Waals surface area contributed by atoms with Crippen molar-refractivity contribution in [1.82, 2.24) is 10.1 Å². The molecule has 2 aromatic rings. The lowest BCUT2D eigenvalue weighted by molar-refractivity contribution is 0.339. The van der Waals surface area contributed by atoms with Crippen molar-refractivity contribution in [1.29, 1.82) is 0 Å². The third-order valence-electron chi connectivity index (χ3n) is 1.34. The summed E-state index contributed by atoms with van der Waals surface area (Å²) in [7, 11) is 1.51. The zero-order valence-electron chi connectivity index (χ0n) is 6.35. The van der Waals surface area contributed by atoms with E-state index in [1.807, 2.05) is 0 Å². The number of ether oxygens (including phenoxy) is 1. The van der Waals surface area contributed by atoms with Gasteiger partial charge in [-0.1, -0.05) is 0 Å². The molecular weight excluding hydrogens is 160 g/mol. The number of hydrogen-bond acceptors (Lipinski definition) is 5. The lowest BCUT2D eigenvalue weighted by Gasteiger charge is -1.83. The predicted molar refractivity (Wildman–Crippen MR) is 38.6 cm³/mol. The molecule has 0 fully saturated rings. The van der Waals surface area contributed by atoms with Crippen molar-refractivity contribution in [2.45, 2.75) is 0 Å². The molecule has 0 N–H and O–H groups in total. The normalized spacial score (nSPS) is 10.1. The third-order valence-corrected chi connectivity index (χ3v) is 1.34. The standard InChI is InChI=1S/C7H6N2O3/c1-10-6-4-5(12-9-6)7-8-2-3-11-7/h2-4H,1H3. The molecule has 0 unspecified atom stereocenters. The lowest BCUT2D eigenvalue weighted by Crippen LogP contribution is -1.78. The Bertz CT molecular complexity index is 352. The van der Waals surface area contributed by atoms with Gasteiger partial charge in [0.25, 0.3) is 11.8 Å². The molecule has 0 amide bonds. The number of nitrogens with zero attached hydrogens (tertiary/aromatic N) is 2. The van der Waals surface area contributed by atoms with Crippen molar-refractivity contribution in [2.75, 3.05) is 7.11 Å². The van der Waals surface area contributed by atoms with Gasteiger partial charge in [0.1, 0.15) is 6.26 Å². The average Bonchev–Trinajstić information content (AvgIpc) is 2.75. The minimum atomic E-state index is 0.394. The second kappa shape index (κ2) is 2.69. The Kier molecular flexibility index (Phi) is 1.55. The van der Waals surface area contributed by atoms with E-state index in [1.54, 1.807) is 6.07 Å². The lowest BCUT2D eigenvalue weighted by atomic mass is 10.4. The highest BCUT2D eigenvalue weighted by Crippen LogP contribution is 2.20. The van der Waals surface area contributed by atoms with Gasteiger partial charge in [0, 0.05) is 0 Å². The molecule has 0 aromatic carbocycles. The van der Waals surface area contributed by atoms with Crippen LogP contribution in [0.15, 0.2) is 27.5 Å². The van der Waals surface area contributed by atoms with Crippen LogP contribution in [0.5, 0.6) is 5.88 Å². The molecule has 0 radical (unpaired) electrons. The molecule has 5 nitrogen and oxygen atoms in total. The molecule has 0 spiro atoms. The molecule has 0 aliphatic heterocycles. The predicted octanol–water partition coefficient (Wildman–Crippen LogP) is 1.34. The van der Waals surface area contributed by atoms with E-state index in [0.29, 0.717) is 17.5 Å². The highest BCUT2D eigenvalue weighted by Gasteiger charge is 2.09. The minimum Gasteiger partial charge on any atom is -0.479 e. The van der Waals surface area contributed by atoms with Crippen molar-refractivity contribution >= 4 is 0 Å². The van der Waals surface area contributed by atoms with Crippen LogP contribution in [0.2, 0.25) is 0 Å². The fourth-order valence-corrected chi connectivity index (χ4v) is 0.801. The van der Waals surface area contributed by atoms with Crippen LogP contribution in [0.25, 0.3) is 11.7 Å². The summed E-state index contributed by atoms with van der Waals surface area (Å²) < 4.78 is 14.7. The summed E-state index contributed by atoms with van der Waals surface area (Å²) in [5.74, 6) is 1.26. The van der Waals surface area contributed by atoms with Gasteiger partial charge >= 0.3 is 0 Å². The maximum atomic E-state index is 4.98. The average molecular weight is 166 g/mol. The first-order valence-electron chi connectivity index (χ1n) is 3.30. The Morgan fingerprint density at radius 2 is 2.42 bits per heavy atom. The van der Waals surface area contributed by atoms with E-state index < -0.39 is 0 Å². The molecule has 12 heavy (non-hydrogen) atoms. The summed E-state index contributed by atoms with van der Waals surface area (Å²) in [6.45, 7) is 0. The first kappa shape index (κ1) is 6.90. The van der Waals surface area contributed by atoms with Crippen LogP contribution < -0.4 is 4.74 Å². The summed E-state index contributed by atoms with van der Waals surface area (Å²) in [6.07, 6.45) is 2.99. The number of rotatable bonds is 2. The first-order valence-corrected chi connectivity index (χ1v) is 3.30. The highest BCUT2D eigenvalue weighted by molar-refractivity contribution is 5.44. The number of hydrogen-bond donors (Lipinski definition) is 0. The Balaban J connectivity index is 2.35. The van der Waals surface area contributed by atoms with Gasteiger partial charge in [-0.25, -0.2) is 4.98 Å². The van der Waals surface area contributed by atoms with E-state index in [0.717, 1.165) is 0 Å². The Morgan fingerprint density at radius 1 is 1.50 bits per heavy atom. The molecule has 62 valence electrons. The molecular formula is C7H6N2O3. The van der Waals surface area contributed by atoms with Crippen LogP contribution in [-0.2, 0) is 0 Å². The molecule has 0 aliphatic carbocycles. The first-order chi connectivity index (χ1) is 5.90. The molecule has 2 heterocycles. The third kappa shape index (κ3) is 1.05. The van der Waals surface area contributed by atoms with E-state index in [-0.39, 0.29) is 0 Å². The van der Waals surface area contributed by atoms with Gasteiger partial charge in [0.05, 0.1) is 19.4 Å². The Hall–Kier alpha value is -1.78. The maximum absolute atomic E-state index is 4.98. The summed E-state index contributed by atoms with van der Waals surface area (Å²) in [4.78, 5) is 3.88. The van der Waals surface area contributed by atoms with Crippen molar-refractivity contribution in [2.24, 2.45) is 0 Å². The van der Waals surface area contributed by atoms with E-state index in [1.165, 1.54) is 19.6 Å². The molecule has 0 saturated heterocycles. The molecule has 2 aromatic heterocycles. The Morgan fingerprint density at radius 3 is 3.00 bits per heavy atom. The summed E-state index contributed by atoms with van der Waals surface area (Å²) >= 11 is 0. The molecule has 0 atom stereocenters. The molecule has 5 heteroatoms. The van der Waals surface area contributed by atoms with Gasteiger partial charge in [-0.05, 0) is 5.16 Å². The zero-order chi connectivity index (χ0) is 8.39. The fourth-order valence-electron chi connectivity index (χ4n) is 0.801. The van der Waals surface area contributed by atoms with Crippen LogP contribution in [0.3, 0.4) is 0 Å². The highest BCUT2D eigenvalue weighted by atomic mass is 16.5. The molecule has 2 rings (SSSR count). The van der Waals surface area contributed by atoms with Crippen molar-refractivity contribution < 1.29 is 13.7 Å². The SMILES string of the molecule is COc1cc(-c2ncco2)on1. The Labute approximate surface area is 67.9 Å². The van der Waals surface area contributed by atoms with Gasteiger partial charge in [-0.15, -0.1) is 0 Å². The van der Waals surface area contributed by atoms with E-state index in [2.05, 4.69) is 10.1 Å².